The van der Waals surface area contributed by atoms with Crippen LogP contribution in [0.5, 0.6) is 5.75 Å². The van der Waals surface area contributed by atoms with Gasteiger partial charge >= 0.3 is 0 Å². The molecule has 4 heteroatoms. The van der Waals surface area contributed by atoms with Gasteiger partial charge in [0.25, 0.3) is 5.91 Å². The molecule has 1 aliphatic heterocycles. The highest BCUT2D eigenvalue weighted by atomic mass is 16.5. The highest BCUT2D eigenvalue weighted by Crippen LogP contribution is 2.14. The van der Waals surface area contributed by atoms with Crippen molar-refractivity contribution in [3.63, 3.8) is 0 Å². The minimum Gasteiger partial charge on any atom is -0.494 e. The van der Waals surface area contributed by atoms with Crippen molar-refractivity contribution in [3.8, 4) is 5.75 Å². The van der Waals surface area contributed by atoms with Gasteiger partial charge in [-0.3, -0.25) is 4.79 Å². The van der Waals surface area contributed by atoms with Crippen molar-refractivity contribution < 1.29 is 14.3 Å². The van der Waals surface area contributed by atoms with Gasteiger partial charge in [-0.05, 0) is 43.5 Å². The number of benzene rings is 1. The number of unbranched alkanes of at least 4 members (excludes halogenated alkanes) is 1. The van der Waals surface area contributed by atoms with Crippen LogP contribution in [-0.4, -0.2) is 31.8 Å². The second kappa shape index (κ2) is 7.90. The zero-order valence-corrected chi connectivity index (χ0v) is 12.1. The third-order valence-corrected chi connectivity index (χ3v) is 3.40. The van der Waals surface area contributed by atoms with E-state index in [1.807, 2.05) is 12.1 Å². The summed E-state index contributed by atoms with van der Waals surface area (Å²) in [6.45, 7) is 4.25. The van der Waals surface area contributed by atoms with Crippen molar-refractivity contribution in [2.45, 2.75) is 38.7 Å². The average molecular weight is 277 g/mol. The van der Waals surface area contributed by atoms with Gasteiger partial charge in [0.05, 0.1) is 12.7 Å². The lowest BCUT2D eigenvalue weighted by Crippen LogP contribution is -2.31. The highest BCUT2D eigenvalue weighted by Gasteiger charge is 2.16. The van der Waals surface area contributed by atoms with Crippen LogP contribution in [0.2, 0.25) is 0 Å². The molecule has 110 valence electrons. The van der Waals surface area contributed by atoms with Crippen molar-refractivity contribution in [2.75, 3.05) is 19.8 Å². The lowest BCUT2D eigenvalue weighted by molar-refractivity contribution is 0.0857. The molecule has 1 atom stereocenters. The lowest BCUT2D eigenvalue weighted by atomic mass is 10.2. The number of ether oxygens (including phenoxy) is 2. The molecule has 0 aromatic heterocycles. The maximum absolute atomic E-state index is 12.0. The van der Waals surface area contributed by atoms with Gasteiger partial charge in [-0.1, -0.05) is 13.3 Å². The molecule has 4 nitrogen and oxygen atoms in total. The number of hydrogen-bond acceptors (Lipinski definition) is 3. The van der Waals surface area contributed by atoms with Crippen molar-refractivity contribution in [1.82, 2.24) is 5.32 Å². The summed E-state index contributed by atoms with van der Waals surface area (Å²) in [4.78, 5) is 12.0. The zero-order chi connectivity index (χ0) is 14.2. The maximum atomic E-state index is 12.0. The minimum absolute atomic E-state index is 0.0550. The summed E-state index contributed by atoms with van der Waals surface area (Å²) in [6, 6.07) is 7.28. The Morgan fingerprint density at radius 1 is 1.40 bits per heavy atom. The van der Waals surface area contributed by atoms with Crippen LogP contribution >= 0.6 is 0 Å². The molecule has 0 aliphatic carbocycles. The van der Waals surface area contributed by atoms with E-state index in [9.17, 15) is 4.79 Å². The summed E-state index contributed by atoms with van der Waals surface area (Å²) in [5.41, 5.74) is 0.658. The van der Waals surface area contributed by atoms with Gasteiger partial charge in [-0.2, -0.15) is 0 Å². The van der Waals surface area contributed by atoms with Crippen LogP contribution in [0, 0.1) is 0 Å². The Balaban J connectivity index is 1.77. The van der Waals surface area contributed by atoms with Crippen molar-refractivity contribution in [1.29, 1.82) is 0 Å². The minimum atomic E-state index is -0.0550. The summed E-state index contributed by atoms with van der Waals surface area (Å²) in [5, 5.41) is 2.91. The average Bonchev–Trinajstić information content (AvgIpc) is 2.99. The summed E-state index contributed by atoms with van der Waals surface area (Å²) >= 11 is 0. The number of rotatable bonds is 7. The zero-order valence-electron chi connectivity index (χ0n) is 12.1. The van der Waals surface area contributed by atoms with E-state index in [0.29, 0.717) is 12.1 Å². The third kappa shape index (κ3) is 4.53. The van der Waals surface area contributed by atoms with E-state index < -0.39 is 0 Å². The molecule has 1 heterocycles. The van der Waals surface area contributed by atoms with Gasteiger partial charge < -0.3 is 14.8 Å². The lowest BCUT2D eigenvalue weighted by Gasteiger charge is -2.11. The first kappa shape index (κ1) is 14.9. The van der Waals surface area contributed by atoms with E-state index in [2.05, 4.69) is 12.2 Å². The Kier molecular flexibility index (Phi) is 5.87. The molecule has 1 saturated heterocycles. The molecule has 0 unspecified atom stereocenters. The molecule has 1 N–H and O–H groups in total. The topological polar surface area (TPSA) is 47.6 Å². The Labute approximate surface area is 120 Å². The largest absolute Gasteiger partial charge is 0.494 e. The summed E-state index contributed by atoms with van der Waals surface area (Å²) < 4.78 is 11.0. The van der Waals surface area contributed by atoms with Gasteiger partial charge in [-0.25, -0.2) is 0 Å². The van der Waals surface area contributed by atoms with Gasteiger partial charge in [0.15, 0.2) is 0 Å². The smallest absolute Gasteiger partial charge is 0.251 e. The second-order valence-electron chi connectivity index (χ2n) is 5.07. The van der Waals surface area contributed by atoms with Crippen LogP contribution in [0.4, 0.5) is 0 Å². The Morgan fingerprint density at radius 2 is 2.20 bits per heavy atom. The van der Waals surface area contributed by atoms with E-state index in [4.69, 9.17) is 9.47 Å². The Morgan fingerprint density at radius 3 is 2.85 bits per heavy atom. The van der Waals surface area contributed by atoms with E-state index in [0.717, 1.165) is 44.6 Å². The van der Waals surface area contributed by atoms with Crippen LogP contribution in [0.15, 0.2) is 24.3 Å². The van der Waals surface area contributed by atoms with Gasteiger partial charge in [0, 0.05) is 18.7 Å². The van der Waals surface area contributed by atoms with Crippen LogP contribution in [-0.2, 0) is 4.74 Å². The van der Waals surface area contributed by atoms with Crippen LogP contribution in [0.1, 0.15) is 43.0 Å². The first-order valence-electron chi connectivity index (χ1n) is 7.42. The van der Waals surface area contributed by atoms with Crippen molar-refractivity contribution in [3.05, 3.63) is 29.8 Å². The molecule has 1 aliphatic rings. The molecular weight excluding hydrogens is 254 g/mol. The fourth-order valence-electron chi connectivity index (χ4n) is 2.15. The molecule has 0 saturated carbocycles. The SMILES string of the molecule is CCCCOc1ccc(C(=O)NC[C@@H]2CCCO2)cc1. The Hall–Kier alpha value is -1.55. The predicted molar refractivity (Wildman–Crippen MR) is 78.2 cm³/mol. The predicted octanol–water partition coefficient (Wildman–Crippen LogP) is 2.77. The summed E-state index contributed by atoms with van der Waals surface area (Å²) in [6.07, 6.45) is 4.46. The molecule has 0 spiro atoms. The molecule has 20 heavy (non-hydrogen) atoms. The standard InChI is InChI=1S/C16H23NO3/c1-2-3-10-19-14-8-6-13(7-9-14)16(18)17-12-15-5-4-11-20-15/h6-9,15H,2-5,10-12H2,1H3,(H,17,18)/t15-/m0/s1. The van der Waals surface area contributed by atoms with E-state index >= 15 is 0 Å². The Bertz CT molecular complexity index is 410. The van der Waals surface area contributed by atoms with Crippen LogP contribution < -0.4 is 10.1 Å². The van der Waals surface area contributed by atoms with Gasteiger partial charge in [0.1, 0.15) is 5.75 Å². The monoisotopic (exact) mass is 277 g/mol. The summed E-state index contributed by atoms with van der Waals surface area (Å²) in [5.74, 6) is 0.759. The second-order valence-corrected chi connectivity index (χ2v) is 5.07. The fourth-order valence-corrected chi connectivity index (χ4v) is 2.15. The van der Waals surface area contributed by atoms with E-state index in [1.165, 1.54) is 0 Å². The summed E-state index contributed by atoms with van der Waals surface area (Å²) in [7, 11) is 0. The van der Waals surface area contributed by atoms with Crippen LogP contribution in [0.25, 0.3) is 0 Å². The van der Waals surface area contributed by atoms with E-state index in [-0.39, 0.29) is 12.0 Å². The first-order valence-corrected chi connectivity index (χ1v) is 7.42. The highest BCUT2D eigenvalue weighted by molar-refractivity contribution is 5.94. The van der Waals surface area contributed by atoms with Crippen molar-refractivity contribution in [2.24, 2.45) is 0 Å². The number of hydrogen-bond donors (Lipinski definition) is 1. The molecular formula is C16H23NO3. The van der Waals surface area contributed by atoms with Gasteiger partial charge in [0.2, 0.25) is 0 Å². The van der Waals surface area contributed by atoms with E-state index in [1.54, 1.807) is 12.1 Å². The molecule has 1 amide bonds. The quantitative estimate of drug-likeness (QED) is 0.780. The number of carbonyl (C=O) groups excluding carboxylic acids is 1. The number of carbonyl (C=O) groups is 1. The molecule has 1 aromatic carbocycles. The third-order valence-electron chi connectivity index (χ3n) is 3.40. The molecule has 0 radical (unpaired) electrons. The molecule has 1 fully saturated rings. The van der Waals surface area contributed by atoms with Crippen LogP contribution in [0.3, 0.4) is 0 Å². The van der Waals surface area contributed by atoms with Crippen molar-refractivity contribution >= 4 is 5.91 Å². The first-order chi connectivity index (χ1) is 9.79. The normalized spacial score (nSPS) is 17.9. The molecule has 2 rings (SSSR count). The molecule has 0 bridgehead atoms. The van der Waals surface area contributed by atoms with Gasteiger partial charge in [-0.15, -0.1) is 0 Å². The molecule has 1 aromatic rings. The fraction of sp³-hybridized carbons (Fsp3) is 0.562. The maximum Gasteiger partial charge on any atom is 0.251 e. The number of amides is 1. The number of nitrogens with one attached hydrogen (secondary N) is 1.